The van der Waals surface area contributed by atoms with Crippen LogP contribution in [0, 0.1) is 11.8 Å². The third kappa shape index (κ3) is 6.66. The van der Waals surface area contributed by atoms with Crippen molar-refractivity contribution in [2.45, 2.75) is 63.3 Å². The van der Waals surface area contributed by atoms with Crippen molar-refractivity contribution in [3.63, 3.8) is 0 Å². The van der Waals surface area contributed by atoms with Crippen LogP contribution in [0.15, 0.2) is 71.8 Å². The molecule has 1 aliphatic carbocycles. The van der Waals surface area contributed by atoms with Gasteiger partial charge in [0.15, 0.2) is 0 Å². The fourth-order valence-electron chi connectivity index (χ4n) is 5.10. The van der Waals surface area contributed by atoms with Crippen LogP contribution < -0.4 is 5.14 Å². The summed E-state index contributed by atoms with van der Waals surface area (Å²) in [5.41, 5.74) is 2.13. The number of unbranched alkanes of at least 4 members (excludes halogenated alkanes) is 1. The monoisotopic (exact) mass is 595 g/mol. The average Bonchev–Trinajstić information content (AvgIpc) is 3.56. The topological polar surface area (TPSA) is 83.7 Å². The number of carbonyl (C=O) groups is 1. The van der Waals surface area contributed by atoms with Gasteiger partial charge in [-0.15, -0.1) is 0 Å². The summed E-state index contributed by atoms with van der Waals surface area (Å²) < 4.78 is 26.9. The Morgan fingerprint density at radius 2 is 1.80 bits per heavy atom. The van der Waals surface area contributed by atoms with E-state index < -0.39 is 32.7 Å². The molecule has 0 saturated heterocycles. The third-order valence-electron chi connectivity index (χ3n) is 7.06. The molecule has 2 aromatic rings. The second-order valence-electron chi connectivity index (χ2n) is 9.52. The summed E-state index contributed by atoms with van der Waals surface area (Å²) in [4.78, 5) is 14.2. The fourth-order valence-corrected chi connectivity index (χ4v) is 9.35. The van der Waals surface area contributed by atoms with Gasteiger partial charge >= 0.3 is 221 Å². The van der Waals surface area contributed by atoms with E-state index in [9.17, 15) is 13.2 Å². The van der Waals surface area contributed by atoms with Gasteiger partial charge in [0.05, 0.1) is 0 Å². The number of carbonyl (C=O) groups excluding carboxylic acids is 1. The van der Waals surface area contributed by atoms with Crippen molar-refractivity contribution >= 4 is 41.9 Å². The van der Waals surface area contributed by atoms with Gasteiger partial charge in [-0.25, -0.2) is 0 Å². The van der Waals surface area contributed by atoms with E-state index in [0.29, 0.717) is 12.5 Å². The van der Waals surface area contributed by atoms with Crippen LogP contribution >= 0.6 is 0 Å². The number of hydrogen-bond donors (Lipinski definition) is 1. The predicted molar refractivity (Wildman–Crippen MR) is 141 cm³/mol. The maximum atomic E-state index is 14.2. The minimum absolute atomic E-state index is 0.0400. The van der Waals surface area contributed by atoms with Gasteiger partial charge in [0.2, 0.25) is 0 Å². The van der Waals surface area contributed by atoms with E-state index in [-0.39, 0.29) is 16.7 Å². The van der Waals surface area contributed by atoms with Crippen LogP contribution in [0.4, 0.5) is 0 Å². The van der Waals surface area contributed by atoms with Gasteiger partial charge in [0.25, 0.3) is 0 Å². The predicted octanol–water partition coefficient (Wildman–Crippen LogP) is 4.24. The molecule has 35 heavy (non-hydrogen) atoms. The molecule has 1 unspecified atom stereocenters. The molecule has 1 heterocycles. The zero-order chi connectivity index (χ0) is 24.8. The van der Waals surface area contributed by atoms with Crippen molar-refractivity contribution in [1.82, 2.24) is 8.01 Å². The molecule has 0 radical (unpaired) electrons. The van der Waals surface area contributed by atoms with Crippen molar-refractivity contribution in [1.29, 1.82) is 0 Å². The summed E-state index contributed by atoms with van der Waals surface area (Å²) >= 11 is -1.47. The van der Waals surface area contributed by atoms with E-state index in [2.05, 4.69) is 46.5 Å². The summed E-state index contributed by atoms with van der Waals surface area (Å²) in [6.07, 6.45) is 12.0. The first kappa shape index (κ1) is 26.2. The molecule has 2 N–H and O–H groups in total. The average molecular weight is 595 g/mol. The van der Waals surface area contributed by atoms with Gasteiger partial charge in [-0.2, -0.15) is 0 Å². The zero-order valence-corrected chi connectivity index (χ0v) is 24.5. The molecule has 184 valence electrons. The molecule has 6 nitrogen and oxygen atoms in total. The number of allylic oxidation sites excluding steroid dienone is 1. The normalized spacial score (nSPS) is 16.7. The van der Waals surface area contributed by atoms with Crippen LogP contribution in [0.1, 0.15) is 63.0 Å². The van der Waals surface area contributed by atoms with Crippen LogP contribution in [0.5, 0.6) is 0 Å². The van der Waals surface area contributed by atoms with E-state index in [1.54, 1.807) is 12.1 Å². The molecule has 4 rings (SSSR count). The summed E-state index contributed by atoms with van der Waals surface area (Å²) in [6, 6.07) is 17.0. The van der Waals surface area contributed by atoms with Crippen LogP contribution in [0.25, 0.3) is 0 Å². The molecule has 1 atom stereocenters. The summed E-state index contributed by atoms with van der Waals surface area (Å²) in [7, 11) is -3.75. The number of benzene rings is 2. The van der Waals surface area contributed by atoms with Gasteiger partial charge in [-0.3, -0.25) is 0 Å². The van der Waals surface area contributed by atoms with Gasteiger partial charge in [0, 0.05) is 0 Å². The fraction of sp³-hybridized carbons (Fsp3) is 0.407. The van der Waals surface area contributed by atoms with E-state index in [4.69, 9.17) is 5.14 Å². The van der Waals surface area contributed by atoms with Gasteiger partial charge in [-0.1, -0.05) is 0 Å². The van der Waals surface area contributed by atoms with Crippen molar-refractivity contribution in [3.8, 4) is 0 Å². The van der Waals surface area contributed by atoms with E-state index in [1.165, 1.54) is 33.8 Å². The van der Waals surface area contributed by atoms with Crippen molar-refractivity contribution in [2.24, 2.45) is 17.0 Å². The number of amides is 1. The number of rotatable bonds is 10. The molecule has 0 spiro atoms. The molecule has 1 saturated carbocycles. The second kappa shape index (κ2) is 11.9. The molecule has 0 aromatic heterocycles. The third-order valence-corrected chi connectivity index (χ3v) is 12.3. The summed E-state index contributed by atoms with van der Waals surface area (Å²) in [5, 5.41) is 7.23. The Bertz CT molecular complexity index is 1170. The Labute approximate surface area is 220 Å². The molecule has 1 amide bonds. The Morgan fingerprint density at radius 3 is 2.43 bits per heavy atom. The first-order valence-electron chi connectivity index (χ1n) is 12.5. The van der Waals surface area contributed by atoms with Gasteiger partial charge in [0.1, 0.15) is 0 Å². The summed E-state index contributed by atoms with van der Waals surface area (Å²) in [5.74, 6) is 0.711. The number of nitrogens with zero attached hydrogens (tertiary/aromatic N) is 2. The van der Waals surface area contributed by atoms with E-state index in [0.717, 1.165) is 37.7 Å². The van der Waals surface area contributed by atoms with Crippen molar-refractivity contribution in [2.75, 3.05) is 0 Å². The number of hydrazine groups is 1. The molecular formula is C27H34InN3O3S. The summed E-state index contributed by atoms with van der Waals surface area (Å²) in [6.45, 7) is 2.61. The quantitative estimate of drug-likeness (QED) is 0.446. The Balaban J connectivity index is 1.64. The van der Waals surface area contributed by atoms with Gasteiger partial charge in [-0.05, 0) is 0 Å². The standard InChI is InChI=1S/C27H34N3O3S.In/c1-2-3-15-26(24-13-7-8-14-24)27(31)30(29-20-9-12-22-10-5-4-6-11-22)21-23-16-18-25(19-17-23)34(28,32)33;/h4-6,9-11,16-20,24,26H,2-3,7-8,13-15,21H2,1H3,(H2,28,32,33);/q-1;+1. The van der Waals surface area contributed by atoms with E-state index in [1.807, 2.05) is 11.1 Å². The molecule has 0 bridgehead atoms. The first-order chi connectivity index (χ1) is 16.9. The van der Waals surface area contributed by atoms with Gasteiger partial charge < -0.3 is 0 Å². The molecule has 8 heteroatoms. The Morgan fingerprint density at radius 1 is 1.11 bits per heavy atom. The molecule has 1 aliphatic heterocycles. The number of primary sulfonamides is 1. The van der Waals surface area contributed by atoms with E-state index >= 15 is 0 Å². The Hall–Kier alpha value is -1.90. The molecular weight excluding hydrogens is 561 g/mol. The number of hydrogen-bond acceptors (Lipinski definition) is 4. The molecule has 2 aromatic carbocycles. The Kier molecular flexibility index (Phi) is 8.89. The maximum absolute atomic E-state index is 14.2. The van der Waals surface area contributed by atoms with Crippen LogP contribution in [0.3, 0.4) is 0 Å². The van der Waals surface area contributed by atoms with Crippen LogP contribution in [-0.4, -0.2) is 48.3 Å². The molecule has 1 fully saturated rings. The number of nitrogens with two attached hydrogens (primary N) is 1. The van der Waals surface area contributed by atoms with Crippen LogP contribution in [-0.2, 0) is 21.4 Å². The van der Waals surface area contributed by atoms with Crippen LogP contribution in [0.2, 0.25) is 0 Å². The minimum atomic E-state index is -3.75. The zero-order valence-electron chi connectivity index (χ0n) is 20.3. The SMILES string of the molecule is CCCCC(C(=O)N(Cc1ccc(S(N)(=O)=O)cc1)[N]1C=C[C](c2ccccc2)=[In]1)C1CCCC1. The van der Waals surface area contributed by atoms with Crippen molar-refractivity contribution in [3.05, 3.63) is 78.0 Å². The molecule has 2 aliphatic rings. The first-order valence-corrected chi connectivity index (χ1v) is 17.2. The second-order valence-corrected chi connectivity index (χ2v) is 15.1. The van der Waals surface area contributed by atoms with Crippen molar-refractivity contribution < 1.29 is 13.2 Å². The number of sulfonamides is 1.